The van der Waals surface area contributed by atoms with Gasteiger partial charge in [-0.05, 0) is 67.3 Å². The minimum Gasteiger partial charge on any atom is -0.490 e. The number of imidazole rings is 1. The summed E-state index contributed by atoms with van der Waals surface area (Å²) in [5.41, 5.74) is 3.28. The zero-order chi connectivity index (χ0) is 23.9. The molecule has 1 fully saturated rings. The van der Waals surface area contributed by atoms with Crippen LogP contribution in [-0.4, -0.2) is 53.4 Å². The molecule has 35 heavy (non-hydrogen) atoms. The number of nitrogens with zero attached hydrogens (tertiary/aromatic N) is 3. The number of hydrogen-bond acceptors (Lipinski definition) is 6. The lowest BCUT2D eigenvalue weighted by molar-refractivity contribution is 0.0642. The smallest absolute Gasteiger partial charge is 0.251 e. The molecule has 5 rings (SSSR count). The summed E-state index contributed by atoms with van der Waals surface area (Å²) < 4.78 is 18.7. The molecule has 0 unspecified atom stereocenters. The summed E-state index contributed by atoms with van der Waals surface area (Å²) in [7, 11) is 0. The largest absolute Gasteiger partial charge is 0.490 e. The van der Waals surface area contributed by atoms with Crippen LogP contribution in [0.25, 0.3) is 16.7 Å². The standard InChI is InChI=1S/C27H28N4O4/c32-27(29-18-20-10-13-33-14-11-20)21-4-9-25-24(17-21)30-19-31(25)22-5-7-23(8-6-22)34-15-16-35-26-3-1-2-12-28-26/h1-9,12,17,19-20H,10-11,13-16,18H2,(H,29,32). The van der Waals surface area contributed by atoms with Gasteiger partial charge in [0.15, 0.2) is 0 Å². The van der Waals surface area contributed by atoms with Gasteiger partial charge in [0.1, 0.15) is 25.3 Å². The predicted molar refractivity (Wildman–Crippen MR) is 132 cm³/mol. The van der Waals surface area contributed by atoms with Crippen molar-refractivity contribution in [1.82, 2.24) is 19.9 Å². The highest BCUT2D eigenvalue weighted by atomic mass is 16.5. The molecule has 2 aromatic heterocycles. The highest BCUT2D eigenvalue weighted by Crippen LogP contribution is 2.22. The predicted octanol–water partition coefficient (Wildman–Crippen LogP) is 4.03. The van der Waals surface area contributed by atoms with Crippen molar-refractivity contribution >= 4 is 16.9 Å². The van der Waals surface area contributed by atoms with Crippen LogP contribution in [0.4, 0.5) is 0 Å². The lowest BCUT2D eigenvalue weighted by Crippen LogP contribution is -2.32. The summed E-state index contributed by atoms with van der Waals surface area (Å²) in [6.45, 7) is 3.06. The van der Waals surface area contributed by atoms with E-state index in [9.17, 15) is 4.79 Å². The van der Waals surface area contributed by atoms with Crippen molar-refractivity contribution in [2.45, 2.75) is 12.8 Å². The summed E-state index contributed by atoms with van der Waals surface area (Å²) in [5, 5.41) is 3.05. The van der Waals surface area contributed by atoms with Crippen molar-refractivity contribution in [2.75, 3.05) is 33.0 Å². The van der Waals surface area contributed by atoms with E-state index in [0.717, 1.165) is 48.5 Å². The zero-order valence-corrected chi connectivity index (χ0v) is 19.4. The van der Waals surface area contributed by atoms with E-state index < -0.39 is 0 Å². The van der Waals surface area contributed by atoms with Crippen molar-refractivity contribution in [3.05, 3.63) is 78.8 Å². The van der Waals surface area contributed by atoms with Crippen LogP contribution in [0.15, 0.2) is 73.2 Å². The minimum absolute atomic E-state index is 0.0681. The Balaban J connectivity index is 1.17. The summed E-state index contributed by atoms with van der Waals surface area (Å²) in [6, 6.07) is 18.9. The molecule has 1 aliphatic rings. The maximum atomic E-state index is 12.6. The number of carbonyl (C=O) groups is 1. The first-order valence-corrected chi connectivity index (χ1v) is 11.9. The van der Waals surface area contributed by atoms with Gasteiger partial charge in [-0.15, -0.1) is 0 Å². The molecule has 8 nitrogen and oxygen atoms in total. The van der Waals surface area contributed by atoms with Gasteiger partial charge in [-0.2, -0.15) is 0 Å². The molecule has 0 radical (unpaired) electrons. The van der Waals surface area contributed by atoms with Crippen LogP contribution >= 0.6 is 0 Å². The van der Waals surface area contributed by atoms with Crippen LogP contribution in [0, 0.1) is 5.92 Å². The van der Waals surface area contributed by atoms with Crippen LogP contribution in [0.1, 0.15) is 23.2 Å². The molecule has 8 heteroatoms. The molecule has 3 heterocycles. The van der Waals surface area contributed by atoms with Crippen molar-refractivity contribution in [3.8, 4) is 17.3 Å². The molecule has 0 saturated carbocycles. The Bertz CT molecular complexity index is 1250. The SMILES string of the molecule is O=C(NCC1CCOCC1)c1ccc2c(c1)ncn2-c1ccc(OCCOc2ccccn2)cc1. The van der Waals surface area contributed by atoms with E-state index in [1.165, 1.54) is 0 Å². The molecule has 1 amide bonds. The maximum Gasteiger partial charge on any atom is 0.251 e. The van der Waals surface area contributed by atoms with Gasteiger partial charge < -0.3 is 19.5 Å². The van der Waals surface area contributed by atoms with E-state index in [1.54, 1.807) is 12.5 Å². The first-order chi connectivity index (χ1) is 17.3. The molecule has 0 bridgehead atoms. The third-order valence-corrected chi connectivity index (χ3v) is 6.06. The Hall–Kier alpha value is -3.91. The normalized spacial score (nSPS) is 14.1. The van der Waals surface area contributed by atoms with E-state index in [1.807, 2.05) is 65.2 Å². The average Bonchev–Trinajstić information content (AvgIpc) is 3.35. The van der Waals surface area contributed by atoms with Crippen LogP contribution in [0.2, 0.25) is 0 Å². The van der Waals surface area contributed by atoms with Crippen molar-refractivity contribution < 1.29 is 19.0 Å². The Morgan fingerprint density at radius 1 is 1.00 bits per heavy atom. The van der Waals surface area contributed by atoms with Gasteiger partial charge in [0, 0.05) is 43.3 Å². The number of hydrogen-bond donors (Lipinski definition) is 1. The van der Waals surface area contributed by atoms with Crippen molar-refractivity contribution in [3.63, 3.8) is 0 Å². The first-order valence-electron chi connectivity index (χ1n) is 11.9. The fourth-order valence-electron chi connectivity index (χ4n) is 4.09. The molecule has 0 aliphatic carbocycles. The number of benzene rings is 2. The van der Waals surface area contributed by atoms with Gasteiger partial charge in [-0.3, -0.25) is 9.36 Å². The Labute approximate surface area is 203 Å². The van der Waals surface area contributed by atoms with Gasteiger partial charge in [0.2, 0.25) is 5.88 Å². The van der Waals surface area contributed by atoms with Gasteiger partial charge in [0.05, 0.1) is 11.0 Å². The molecule has 1 saturated heterocycles. The topological polar surface area (TPSA) is 87.5 Å². The first kappa shape index (κ1) is 22.9. The number of carbonyl (C=O) groups excluding carboxylic acids is 1. The van der Waals surface area contributed by atoms with E-state index in [4.69, 9.17) is 14.2 Å². The Morgan fingerprint density at radius 2 is 1.83 bits per heavy atom. The summed E-state index contributed by atoms with van der Waals surface area (Å²) >= 11 is 0. The number of nitrogens with one attached hydrogen (secondary N) is 1. The highest BCUT2D eigenvalue weighted by molar-refractivity contribution is 5.97. The van der Waals surface area contributed by atoms with E-state index >= 15 is 0 Å². The van der Waals surface area contributed by atoms with Crippen LogP contribution < -0.4 is 14.8 Å². The molecule has 1 N–H and O–H groups in total. The van der Waals surface area contributed by atoms with Gasteiger partial charge in [-0.1, -0.05) is 6.07 Å². The van der Waals surface area contributed by atoms with E-state index in [2.05, 4.69) is 15.3 Å². The lowest BCUT2D eigenvalue weighted by atomic mass is 10.0. The third-order valence-electron chi connectivity index (χ3n) is 6.06. The maximum absolute atomic E-state index is 12.6. The van der Waals surface area contributed by atoms with E-state index in [-0.39, 0.29) is 5.91 Å². The monoisotopic (exact) mass is 472 g/mol. The Kier molecular flexibility index (Phi) is 7.19. The number of pyridine rings is 1. The number of ether oxygens (including phenoxy) is 3. The van der Waals surface area contributed by atoms with E-state index in [0.29, 0.717) is 37.1 Å². The number of aromatic nitrogens is 3. The molecule has 2 aromatic carbocycles. The van der Waals surface area contributed by atoms with Gasteiger partial charge in [0.25, 0.3) is 5.91 Å². The summed E-state index contributed by atoms with van der Waals surface area (Å²) in [5.74, 6) is 1.75. The number of rotatable bonds is 9. The minimum atomic E-state index is -0.0681. The molecule has 0 spiro atoms. The molecule has 0 atom stereocenters. The third kappa shape index (κ3) is 5.78. The van der Waals surface area contributed by atoms with Crippen LogP contribution in [0.5, 0.6) is 11.6 Å². The molecule has 4 aromatic rings. The van der Waals surface area contributed by atoms with Crippen LogP contribution in [-0.2, 0) is 4.74 Å². The number of amides is 1. The summed E-state index contributed by atoms with van der Waals surface area (Å²) in [4.78, 5) is 21.3. The molecule has 1 aliphatic heterocycles. The second-order valence-corrected chi connectivity index (χ2v) is 8.44. The van der Waals surface area contributed by atoms with Crippen LogP contribution in [0.3, 0.4) is 0 Å². The second kappa shape index (κ2) is 11.0. The lowest BCUT2D eigenvalue weighted by Gasteiger charge is -2.22. The molecular formula is C27H28N4O4. The molecular weight excluding hydrogens is 444 g/mol. The average molecular weight is 473 g/mol. The number of fused-ring (bicyclic) bond motifs is 1. The highest BCUT2D eigenvalue weighted by Gasteiger charge is 2.16. The fraction of sp³-hybridized carbons (Fsp3) is 0.296. The van der Waals surface area contributed by atoms with Crippen molar-refractivity contribution in [2.24, 2.45) is 5.92 Å². The summed E-state index contributed by atoms with van der Waals surface area (Å²) in [6.07, 6.45) is 5.45. The molecule has 180 valence electrons. The van der Waals surface area contributed by atoms with Gasteiger partial charge in [-0.25, -0.2) is 9.97 Å². The van der Waals surface area contributed by atoms with Gasteiger partial charge >= 0.3 is 0 Å². The Morgan fingerprint density at radius 3 is 2.63 bits per heavy atom. The fourth-order valence-corrected chi connectivity index (χ4v) is 4.09. The zero-order valence-electron chi connectivity index (χ0n) is 19.4. The quantitative estimate of drug-likeness (QED) is 0.370. The van der Waals surface area contributed by atoms with Crippen molar-refractivity contribution in [1.29, 1.82) is 0 Å². The second-order valence-electron chi connectivity index (χ2n) is 8.44.